The fourth-order valence-electron chi connectivity index (χ4n) is 2.07. The summed E-state index contributed by atoms with van der Waals surface area (Å²) < 4.78 is 5.33. The highest BCUT2D eigenvalue weighted by Crippen LogP contribution is 2.21. The Kier molecular flexibility index (Phi) is 4.71. The summed E-state index contributed by atoms with van der Waals surface area (Å²) in [4.78, 5) is 15.0. The molecule has 9 nitrogen and oxygen atoms in total. The number of likely N-dealkylation sites (N-methyl/N-ethyl adjacent to an activating group) is 1. The fraction of sp³-hybridized carbons (Fsp3) is 0.333. The van der Waals surface area contributed by atoms with E-state index in [-0.39, 0.29) is 0 Å². The highest BCUT2D eigenvalue weighted by molar-refractivity contribution is 5.60. The topological polar surface area (TPSA) is 108 Å². The normalized spacial score (nSPS) is 11.0. The molecule has 0 aliphatic carbocycles. The van der Waals surface area contributed by atoms with Gasteiger partial charge in [0.15, 0.2) is 11.6 Å². The Morgan fingerprint density at radius 1 is 1.21 bits per heavy atom. The summed E-state index contributed by atoms with van der Waals surface area (Å²) in [5.41, 5.74) is 0.776. The lowest BCUT2D eigenvalue weighted by Gasteiger charge is -2.11. The van der Waals surface area contributed by atoms with Gasteiger partial charge in [-0.15, -0.1) is 0 Å². The van der Waals surface area contributed by atoms with Gasteiger partial charge in [0, 0.05) is 19.2 Å². The third-order valence-electron chi connectivity index (χ3n) is 3.19. The molecule has 3 aromatic rings. The van der Waals surface area contributed by atoms with Gasteiger partial charge in [-0.3, -0.25) is 5.10 Å². The molecule has 0 aliphatic heterocycles. The highest BCUT2D eigenvalue weighted by Gasteiger charge is 2.09. The van der Waals surface area contributed by atoms with Crippen LogP contribution in [0.1, 0.15) is 5.82 Å². The maximum absolute atomic E-state index is 5.33. The van der Waals surface area contributed by atoms with Crippen LogP contribution in [-0.2, 0) is 0 Å². The van der Waals surface area contributed by atoms with E-state index in [1.165, 1.54) is 0 Å². The average Bonchev–Trinajstić information content (AvgIpc) is 3.17. The van der Waals surface area contributed by atoms with Gasteiger partial charge in [0.1, 0.15) is 11.5 Å². The number of aryl methyl sites for hydroxylation is 1. The first-order chi connectivity index (χ1) is 11.6. The van der Waals surface area contributed by atoms with Gasteiger partial charge in [-0.05, 0) is 33.2 Å². The molecule has 9 heteroatoms. The number of furan rings is 1. The Labute approximate surface area is 139 Å². The summed E-state index contributed by atoms with van der Waals surface area (Å²) >= 11 is 0. The molecule has 3 heterocycles. The second kappa shape index (κ2) is 7.09. The van der Waals surface area contributed by atoms with Crippen molar-refractivity contribution in [3.63, 3.8) is 0 Å². The first-order valence-electron chi connectivity index (χ1n) is 7.58. The van der Waals surface area contributed by atoms with Crippen LogP contribution in [0.25, 0.3) is 11.5 Å². The Bertz CT molecular complexity index is 781. The number of nitrogens with zero attached hydrogens (tertiary/aromatic N) is 5. The van der Waals surface area contributed by atoms with Crippen LogP contribution >= 0.6 is 0 Å². The van der Waals surface area contributed by atoms with E-state index in [0.717, 1.165) is 18.8 Å². The second-order valence-corrected chi connectivity index (χ2v) is 5.53. The number of aromatic nitrogens is 5. The quantitative estimate of drug-likeness (QED) is 0.603. The molecule has 24 heavy (non-hydrogen) atoms. The zero-order valence-corrected chi connectivity index (χ0v) is 13.9. The molecule has 0 aromatic carbocycles. The number of aromatic amines is 1. The lowest BCUT2D eigenvalue weighted by atomic mass is 10.3. The minimum absolute atomic E-state index is 0.437. The van der Waals surface area contributed by atoms with Crippen molar-refractivity contribution in [1.82, 2.24) is 30.0 Å². The molecule has 3 N–H and O–H groups in total. The Balaban J connectivity index is 1.69. The number of anilines is 3. The van der Waals surface area contributed by atoms with E-state index >= 15 is 0 Å². The Morgan fingerprint density at radius 3 is 2.79 bits per heavy atom. The first kappa shape index (κ1) is 15.9. The van der Waals surface area contributed by atoms with Gasteiger partial charge in [0.25, 0.3) is 0 Å². The number of rotatable bonds is 7. The molecule has 0 radical (unpaired) electrons. The van der Waals surface area contributed by atoms with Crippen molar-refractivity contribution < 1.29 is 4.42 Å². The zero-order chi connectivity index (χ0) is 16.9. The molecule has 0 amide bonds. The van der Waals surface area contributed by atoms with Crippen LogP contribution in [0, 0.1) is 6.92 Å². The van der Waals surface area contributed by atoms with E-state index in [1.807, 2.05) is 39.2 Å². The largest absolute Gasteiger partial charge is 0.463 e. The minimum Gasteiger partial charge on any atom is -0.463 e. The van der Waals surface area contributed by atoms with Gasteiger partial charge in [-0.1, -0.05) is 0 Å². The molecule has 0 atom stereocenters. The van der Waals surface area contributed by atoms with Crippen LogP contribution in [0.2, 0.25) is 0 Å². The molecule has 0 aliphatic rings. The van der Waals surface area contributed by atoms with E-state index in [1.54, 1.807) is 6.26 Å². The molecule has 0 unspecified atom stereocenters. The van der Waals surface area contributed by atoms with Gasteiger partial charge in [-0.25, -0.2) is 0 Å². The summed E-state index contributed by atoms with van der Waals surface area (Å²) in [6, 6.07) is 5.51. The molecule has 0 spiro atoms. The van der Waals surface area contributed by atoms with Crippen LogP contribution in [0.15, 0.2) is 28.9 Å². The Hall–Kier alpha value is -2.94. The monoisotopic (exact) mass is 328 g/mol. The van der Waals surface area contributed by atoms with Crippen molar-refractivity contribution in [2.24, 2.45) is 0 Å². The van der Waals surface area contributed by atoms with E-state index in [9.17, 15) is 0 Å². The minimum atomic E-state index is 0.437. The molecule has 0 saturated heterocycles. The third kappa shape index (κ3) is 4.07. The Morgan fingerprint density at radius 2 is 2.04 bits per heavy atom. The second-order valence-electron chi connectivity index (χ2n) is 5.53. The van der Waals surface area contributed by atoms with Gasteiger partial charge >= 0.3 is 0 Å². The van der Waals surface area contributed by atoms with Gasteiger partial charge in [0.05, 0.1) is 6.26 Å². The van der Waals surface area contributed by atoms with Crippen LogP contribution < -0.4 is 10.6 Å². The van der Waals surface area contributed by atoms with Gasteiger partial charge < -0.3 is 20.0 Å². The zero-order valence-electron chi connectivity index (χ0n) is 13.9. The molecule has 126 valence electrons. The highest BCUT2D eigenvalue weighted by atomic mass is 16.3. The predicted molar refractivity (Wildman–Crippen MR) is 91.2 cm³/mol. The van der Waals surface area contributed by atoms with Crippen molar-refractivity contribution in [3.8, 4) is 11.5 Å². The van der Waals surface area contributed by atoms with Crippen molar-refractivity contribution in [1.29, 1.82) is 0 Å². The van der Waals surface area contributed by atoms with E-state index < -0.39 is 0 Å². The maximum Gasteiger partial charge on any atom is 0.233 e. The summed E-state index contributed by atoms with van der Waals surface area (Å²) in [7, 11) is 4.03. The summed E-state index contributed by atoms with van der Waals surface area (Å²) in [5.74, 6) is 2.92. The molecule has 3 rings (SSSR count). The standard InChI is InChI=1S/C15H20N8O/c1-10-17-14(16-6-7-23(2)3)20-15(18-10)19-13-9-11(21-22-13)12-5-4-8-24-12/h4-5,8-9H,6-7H2,1-3H3,(H3,16,17,18,19,20,21,22). The molecular formula is C15H20N8O. The predicted octanol–water partition coefficient (Wildman–Crippen LogP) is 1.88. The number of hydrogen-bond donors (Lipinski definition) is 3. The summed E-state index contributed by atoms with van der Waals surface area (Å²) in [5, 5.41) is 13.3. The molecule has 0 bridgehead atoms. The van der Waals surface area contributed by atoms with Crippen molar-refractivity contribution >= 4 is 17.7 Å². The van der Waals surface area contributed by atoms with Crippen LogP contribution in [0.3, 0.4) is 0 Å². The molecular weight excluding hydrogens is 308 g/mol. The van der Waals surface area contributed by atoms with Crippen molar-refractivity contribution in [2.75, 3.05) is 37.8 Å². The molecule has 3 aromatic heterocycles. The third-order valence-corrected chi connectivity index (χ3v) is 3.19. The van der Waals surface area contributed by atoms with Crippen LogP contribution in [0.4, 0.5) is 17.7 Å². The number of nitrogens with one attached hydrogen (secondary N) is 3. The smallest absolute Gasteiger partial charge is 0.233 e. The summed E-state index contributed by atoms with van der Waals surface area (Å²) in [6.45, 7) is 3.46. The van der Waals surface area contributed by atoms with E-state index in [2.05, 4.69) is 40.7 Å². The summed E-state index contributed by atoms with van der Waals surface area (Å²) in [6.07, 6.45) is 1.62. The van der Waals surface area contributed by atoms with Crippen molar-refractivity contribution in [3.05, 3.63) is 30.3 Å². The average molecular weight is 328 g/mol. The van der Waals surface area contributed by atoms with Crippen LogP contribution in [-0.4, -0.2) is 57.2 Å². The lowest BCUT2D eigenvalue weighted by Crippen LogP contribution is -2.22. The first-order valence-corrected chi connectivity index (χ1v) is 7.58. The van der Waals surface area contributed by atoms with Gasteiger partial charge in [0.2, 0.25) is 11.9 Å². The number of hydrogen-bond acceptors (Lipinski definition) is 8. The fourth-order valence-corrected chi connectivity index (χ4v) is 2.07. The lowest BCUT2D eigenvalue weighted by molar-refractivity contribution is 0.425. The van der Waals surface area contributed by atoms with E-state index in [4.69, 9.17) is 4.42 Å². The molecule has 0 fully saturated rings. The van der Waals surface area contributed by atoms with Gasteiger partial charge in [-0.2, -0.15) is 20.1 Å². The van der Waals surface area contributed by atoms with Crippen LogP contribution in [0.5, 0.6) is 0 Å². The van der Waals surface area contributed by atoms with Crippen molar-refractivity contribution in [2.45, 2.75) is 6.92 Å². The van der Waals surface area contributed by atoms with E-state index in [0.29, 0.717) is 29.3 Å². The molecule has 0 saturated carbocycles. The number of H-pyrrole nitrogens is 1. The SMILES string of the molecule is Cc1nc(NCCN(C)C)nc(Nc2cc(-c3ccco3)[nH]n2)n1. The maximum atomic E-state index is 5.33.